The average Bonchev–Trinajstić information content (AvgIpc) is 2.65. The maximum Gasteiger partial charge on any atom is 0.252 e. The fraction of sp³-hybridized carbons (Fsp3) is 0. The van der Waals surface area contributed by atoms with E-state index in [0.717, 1.165) is 14.9 Å². The van der Waals surface area contributed by atoms with E-state index in [1.165, 1.54) is 0 Å². The van der Waals surface area contributed by atoms with Gasteiger partial charge in [0.1, 0.15) is 0 Å². The van der Waals surface area contributed by atoms with Crippen LogP contribution < -0.4 is 0 Å². The summed E-state index contributed by atoms with van der Waals surface area (Å²) in [7, 11) is 0. The summed E-state index contributed by atoms with van der Waals surface area (Å²) in [6.07, 6.45) is 0. The zero-order chi connectivity index (χ0) is 10.8. The number of hydrogen-bond donors (Lipinski definition) is 0. The molecule has 0 aliphatic heterocycles. The summed E-state index contributed by atoms with van der Waals surface area (Å²) in [5.74, 6) is 0. The lowest BCUT2D eigenvalue weighted by Crippen LogP contribution is -1.87. The predicted molar refractivity (Wildman–Crippen MR) is 67.6 cm³/mol. The standard InChI is InChI=1S/C11H6BrClOS/c12-9-5-6-15-10(9)7-1-3-8(4-2-7)11(13)14/h1-6H. The lowest BCUT2D eigenvalue weighted by atomic mass is 10.1. The first-order valence-corrected chi connectivity index (χ1v) is 6.27. The molecule has 0 radical (unpaired) electrons. The van der Waals surface area contributed by atoms with Crippen LogP contribution in [0.4, 0.5) is 0 Å². The molecule has 0 bridgehead atoms. The summed E-state index contributed by atoms with van der Waals surface area (Å²) in [5, 5.41) is 1.59. The fourth-order valence-corrected chi connectivity index (χ4v) is 2.99. The molecule has 0 atom stereocenters. The highest BCUT2D eigenvalue weighted by molar-refractivity contribution is 9.10. The summed E-state index contributed by atoms with van der Waals surface area (Å²) in [6.45, 7) is 0. The molecule has 1 nitrogen and oxygen atoms in total. The Morgan fingerprint density at radius 1 is 1.20 bits per heavy atom. The van der Waals surface area contributed by atoms with Crippen LogP contribution in [0.25, 0.3) is 10.4 Å². The van der Waals surface area contributed by atoms with E-state index >= 15 is 0 Å². The van der Waals surface area contributed by atoms with Crippen molar-refractivity contribution in [2.45, 2.75) is 0 Å². The Bertz CT molecular complexity index is 490. The van der Waals surface area contributed by atoms with Gasteiger partial charge in [-0.15, -0.1) is 11.3 Å². The molecular weight excluding hydrogens is 296 g/mol. The van der Waals surface area contributed by atoms with Crippen molar-refractivity contribution in [3.8, 4) is 10.4 Å². The Morgan fingerprint density at radius 3 is 2.33 bits per heavy atom. The fourth-order valence-electron chi connectivity index (χ4n) is 1.25. The number of carbonyl (C=O) groups excluding carboxylic acids is 1. The lowest BCUT2D eigenvalue weighted by molar-refractivity contribution is 0.108. The minimum Gasteiger partial charge on any atom is -0.276 e. The molecule has 0 fully saturated rings. The van der Waals surface area contributed by atoms with E-state index < -0.39 is 5.24 Å². The maximum absolute atomic E-state index is 10.9. The lowest BCUT2D eigenvalue weighted by Gasteiger charge is -1.99. The minimum atomic E-state index is -0.424. The first-order chi connectivity index (χ1) is 7.18. The first kappa shape index (κ1) is 10.9. The predicted octanol–water partition coefficient (Wildman–Crippen LogP) is 4.56. The Morgan fingerprint density at radius 2 is 1.87 bits per heavy atom. The third-order valence-electron chi connectivity index (χ3n) is 1.99. The van der Waals surface area contributed by atoms with Crippen molar-refractivity contribution in [3.05, 3.63) is 45.7 Å². The van der Waals surface area contributed by atoms with Gasteiger partial charge in [-0.25, -0.2) is 0 Å². The average molecular weight is 302 g/mol. The number of benzene rings is 1. The second-order valence-corrected chi connectivity index (χ2v) is 5.06. The molecule has 1 aromatic heterocycles. The molecule has 4 heteroatoms. The molecular formula is C11H6BrClOS. The second kappa shape index (κ2) is 4.47. The highest BCUT2D eigenvalue weighted by atomic mass is 79.9. The van der Waals surface area contributed by atoms with Gasteiger partial charge in [0, 0.05) is 14.9 Å². The SMILES string of the molecule is O=C(Cl)c1ccc(-c2sccc2Br)cc1. The van der Waals surface area contributed by atoms with Gasteiger partial charge in [0.25, 0.3) is 5.24 Å². The topological polar surface area (TPSA) is 17.1 Å². The number of halogens is 2. The maximum atomic E-state index is 10.9. The van der Waals surface area contributed by atoms with Crippen molar-refractivity contribution in [1.82, 2.24) is 0 Å². The van der Waals surface area contributed by atoms with Gasteiger partial charge in [-0.2, -0.15) is 0 Å². The van der Waals surface area contributed by atoms with Crippen molar-refractivity contribution in [2.24, 2.45) is 0 Å². The second-order valence-electron chi connectivity index (χ2n) is 2.95. The summed E-state index contributed by atoms with van der Waals surface area (Å²) < 4.78 is 1.07. The van der Waals surface area contributed by atoms with Crippen LogP contribution in [0.3, 0.4) is 0 Å². The van der Waals surface area contributed by atoms with Crippen molar-refractivity contribution >= 4 is 44.1 Å². The molecule has 0 N–H and O–H groups in total. The van der Waals surface area contributed by atoms with Crippen LogP contribution in [0.1, 0.15) is 10.4 Å². The van der Waals surface area contributed by atoms with Crippen LogP contribution in [0, 0.1) is 0 Å². The normalized spacial score (nSPS) is 10.3. The van der Waals surface area contributed by atoms with Gasteiger partial charge in [0.15, 0.2) is 0 Å². The highest BCUT2D eigenvalue weighted by Gasteiger charge is 2.06. The molecule has 2 rings (SSSR count). The van der Waals surface area contributed by atoms with E-state index in [1.54, 1.807) is 23.5 Å². The Kier molecular flexibility index (Phi) is 3.24. The third kappa shape index (κ3) is 2.30. The molecule has 0 saturated carbocycles. The Hall–Kier alpha value is -0.640. The summed E-state index contributed by atoms with van der Waals surface area (Å²) in [6, 6.07) is 9.26. The van der Waals surface area contributed by atoms with Gasteiger partial charge in [-0.1, -0.05) is 12.1 Å². The summed E-state index contributed by atoms with van der Waals surface area (Å²) in [5.41, 5.74) is 1.60. The smallest absolute Gasteiger partial charge is 0.252 e. The van der Waals surface area contributed by atoms with Crippen LogP contribution in [0.5, 0.6) is 0 Å². The molecule has 76 valence electrons. The van der Waals surface area contributed by atoms with Gasteiger partial charge >= 0.3 is 0 Å². The molecule has 0 aliphatic rings. The van der Waals surface area contributed by atoms with Crippen LogP contribution >= 0.6 is 38.9 Å². The van der Waals surface area contributed by atoms with E-state index in [4.69, 9.17) is 11.6 Å². The number of hydrogen-bond acceptors (Lipinski definition) is 2. The van der Waals surface area contributed by atoms with Crippen LogP contribution in [-0.2, 0) is 0 Å². The minimum absolute atomic E-state index is 0.424. The molecule has 0 spiro atoms. The molecule has 0 aliphatic carbocycles. The van der Waals surface area contributed by atoms with Gasteiger partial charge in [0.05, 0.1) is 0 Å². The van der Waals surface area contributed by atoms with E-state index in [2.05, 4.69) is 15.9 Å². The van der Waals surface area contributed by atoms with Gasteiger partial charge < -0.3 is 0 Å². The van der Waals surface area contributed by atoms with Gasteiger partial charge in [-0.05, 0) is 56.7 Å². The highest BCUT2D eigenvalue weighted by Crippen LogP contribution is 2.33. The van der Waals surface area contributed by atoms with Crippen molar-refractivity contribution < 1.29 is 4.79 Å². The van der Waals surface area contributed by atoms with Crippen molar-refractivity contribution in [3.63, 3.8) is 0 Å². The molecule has 0 unspecified atom stereocenters. The summed E-state index contributed by atoms with van der Waals surface area (Å²) >= 11 is 10.5. The molecule has 1 aromatic carbocycles. The number of thiophene rings is 1. The van der Waals surface area contributed by atoms with E-state index in [1.807, 2.05) is 23.6 Å². The third-order valence-corrected chi connectivity index (χ3v) is 4.10. The molecule has 0 amide bonds. The molecule has 2 aromatic rings. The van der Waals surface area contributed by atoms with Crippen molar-refractivity contribution in [1.29, 1.82) is 0 Å². The zero-order valence-electron chi connectivity index (χ0n) is 7.54. The van der Waals surface area contributed by atoms with Crippen LogP contribution in [0.15, 0.2) is 40.2 Å². The quantitative estimate of drug-likeness (QED) is 0.743. The van der Waals surface area contributed by atoms with Gasteiger partial charge in [0.2, 0.25) is 0 Å². The van der Waals surface area contributed by atoms with Crippen LogP contribution in [-0.4, -0.2) is 5.24 Å². The molecule has 1 heterocycles. The Balaban J connectivity index is 2.40. The number of carbonyl (C=O) groups is 1. The van der Waals surface area contributed by atoms with E-state index in [0.29, 0.717) is 5.56 Å². The monoisotopic (exact) mass is 300 g/mol. The first-order valence-electron chi connectivity index (χ1n) is 4.22. The Labute approximate surface area is 105 Å². The van der Waals surface area contributed by atoms with Gasteiger partial charge in [-0.3, -0.25) is 4.79 Å². The molecule has 0 saturated heterocycles. The van der Waals surface area contributed by atoms with Crippen molar-refractivity contribution in [2.75, 3.05) is 0 Å². The molecule has 15 heavy (non-hydrogen) atoms. The van der Waals surface area contributed by atoms with E-state index in [-0.39, 0.29) is 0 Å². The zero-order valence-corrected chi connectivity index (χ0v) is 10.7. The number of rotatable bonds is 2. The van der Waals surface area contributed by atoms with E-state index in [9.17, 15) is 4.79 Å². The largest absolute Gasteiger partial charge is 0.276 e. The summed E-state index contributed by atoms with van der Waals surface area (Å²) in [4.78, 5) is 12.0. The van der Waals surface area contributed by atoms with Crippen LogP contribution in [0.2, 0.25) is 0 Å².